The van der Waals surface area contributed by atoms with Crippen LogP contribution in [0.3, 0.4) is 0 Å². The van der Waals surface area contributed by atoms with E-state index in [0.29, 0.717) is 78.9 Å². The van der Waals surface area contributed by atoms with Crippen LogP contribution in [0.15, 0.2) is 79.4 Å². The number of ether oxygens (including phenoxy) is 6. The molecule has 1 unspecified atom stereocenters. The number of hydrogen-bond acceptors (Lipinski definition) is 12. The molecule has 0 bridgehead atoms. The molecule has 0 spiro atoms. The molecule has 2 aliphatic carbocycles. The average molecular weight is 1010 g/mol. The number of benzene rings is 4. The van der Waals surface area contributed by atoms with Crippen LogP contribution in [0.5, 0.6) is 0 Å². The molecule has 0 aromatic heterocycles. The summed E-state index contributed by atoms with van der Waals surface area (Å²) < 4.78 is 102. The minimum absolute atomic E-state index is 0. The van der Waals surface area contributed by atoms with E-state index in [1.807, 2.05) is 6.08 Å². The second-order valence-electron chi connectivity index (χ2n) is 16.9. The van der Waals surface area contributed by atoms with Crippen molar-refractivity contribution in [3.8, 4) is 22.3 Å². The minimum atomic E-state index is -4.29. The van der Waals surface area contributed by atoms with Gasteiger partial charge in [-0.25, -0.2) is 8.42 Å². The maximum atomic E-state index is 11.6. The summed E-state index contributed by atoms with van der Waals surface area (Å²) in [6.45, 7) is 12.7. The zero-order valence-electron chi connectivity index (χ0n) is 42.1. The molecule has 4 aromatic rings. The molecule has 364 valence electrons. The van der Waals surface area contributed by atoms with Crippen LogP contribution in [0.2, 0.25) is 0 Å². The number of methoxy groups -OCH3 is 2. The zero-order valence-corrected chi connectivity index (χ0v) is 46.7. The number of fused-ring (bicyclic) bond motifs is 6. The summed E-state index contributed by atoms with van der Waals surface area (Å²) in [6.07, 6.45) is 12.0. The summed E-state index contributed by atoms with van der Waals surface area (Å²) in [4.78, 5) is 0. The fourth-order valence-electron chi connectivity index (χ4n) is 9.54. The second kappa shape index (κ2) is 30.6. The largest absolute Gasteiger partial charge is 1.00 e. The molecule has 69 heavy (non-hydrogen) atoms. The van der Waals surface area contributed by atoms with Gasteiger partial charge in [-0.2, -0.15) is 6.42 Å². The third-order valence-corrected chi connectivity index (χ3v) is 13.5. The first-order valence-corrected chi connectivity index (χ1v) is 25.5. The molecule has 6 rings (SSSR count). The van der Waals surface area contributed by atoms with Gasteiger partial charge in [0.1, 0.15) is 0 Å². The van der Waals surface area contributed by atoms with E-state index in [9.17, 15) is 13.0 Å². The second-order valence-corrected chi connectivity index (χ2v) is 18.9. The number of aryl methyl sites for hydroxylation is 1. The number of unbranched alkanes of at least 4 members (excludes halogenated alkanes) is 2. The van der Waals surface area contributed by atoms with Crippen molar-refractivity contribution in [2.45, 2.75) is 69.1 Å². The maximum Gasteiger partial charge on any atom is 1.00 e. The first kappa shape index (κ1) is 59.2. The summed E-state index contributed by atoms with van der Waals surface area (Å²) >= 11 is 0. The fourth-order valence-corrected chi connectivity index (χ4v) is 10.1. The van der Waals surface area contributed by atoms with E-state index in [-0.39, 0.29) is 70.3 Å². The van der Waals surface area contributed by atoms with Gasteiger partial charge in [-0.05, 0) is 100 Å². The molecule has 0 N–H and O–H groups in total. The normalized spacial score (nSPS) is 15.3. The molecule has 0 amide bonds. The molecule has 12 nitrogen and oxygen atoms in total. The standard InChI is InChI=1S/C53H67O9S.2Na.O3S/c1-6-8-21-52(22-9-10-35-63(54,55)56)48-36-40(3)11-17-44(48)46-19-15-42(38-50(46)52)12-13-43-16-20-47-45-18-14-41(7-2)37-49(45)53(51(47)39-43,23-25-59-31-33-61-29-27-57-4)24-26-60-32-34-62-30-28-58-5;;;1-4(2)3/h7,11-20,36-39H,1-2,6,8-10,21-35H2,3-5H3,(H,54,55,56);;;/q-1;2*+1;/p-1/b13-12+;;;/i2T;;;/b7-2?,13-12+;;;. The molecule has 2 aliphatic rings. The first-order chi connectivity index (χ1) is 32.8. The quantitative estimate of drug-likeness (QED) is 0.0257. The average Bonchev–Trinajstić information content (AvgIpc) is 3.72. The van der Waals surface area contributed by atoms with Crippen LogP contribution in [0.1, 0.15) is 97.2 Å². The van der Waals surface area contributed by atoms with Crippen molar-refractivity contribution in [1.82, 2.24) is 0 Å². The van der Waals surface area contributed by atoms with Crippen LogP contribution in [-0.2, 0) is 60.0 Å². The van der Waals surface area contributed by atoms with Crippen LogP contribution in [-0.4, -0.2) is 112 Å². The third-order valence-electron chi connectivity index (χ3n) is 12.7. The van der Waals surface area contributed by atoms with Crippen molar-refractivity contribution in [2.24, 2.45) is 0 Å². The van der Waals surface area contributed by atoms with Crippen molar-refractivity contribution in [2.75, 3.05) is 86.0 Å². The Morgan fingerprint density at radius 3 is 1.43 bits per heavy atom. The molecule has 0 fully saturated rings. The van der Waals surface area contributed by atoms with Crippen LogP contribution in [0.4, 0.5) is 0 Å². The Labute approximate surface area is 457 Å². The Balaban J connectivity index is 0.00000208. The van der Waals surface area contributed by atoms with Gasteiger partial charge in [0.2, 0.25) is 0 Å². The summed E-state index contributed by atoms with van der Waals surface area (Å²) in [7, 11) is -4.08. The van der Waals surface area contributed by atoms with E-state index in [1.54, 1.807) is 14.2 Å². The predicted molar refractivity (Wildman–Crippen MR) is 263 cm³/mol. The van der Waals surface area contributed by atoms with Gasteiger partial charge in [-0.15, -0.1) is 12.6 Å². The van der Waals surface area contributed by atoms with Gasteiger partial charge in [0.05, 0.1) is 64.3 Å². The van der Waals surface area contributed by atoms with Crippen molar-refractivity contribution < 1.29 is 115 Å². The topological polar surface area (TPSA) is 164 Å². The fraction of sp³-hybridized carbons (Fsp3) is 0.453. The van der Waals surface area contributed by atoms with Gasteiger partial charge in [0.15, 0.2) is 0 Å². The van der Waals surface area contributed by atoms with E-state index >= 15 is 0 Å². The van der Waals surface area contributed by atoms with E-state index in [4.69, 9.17) is 42.4 Å². The summed E-state index contributed by atoms with van der Waals surface area (Å²) in [5.74, 6) is -0.347. The predicted octanol–water partition coefficient (Wildman–Crippen LogP) is 3.20. The molecular formula is C53H66Na2O12S2. The van der Waals surface area contributed by atoms with Crippen molar-refractivity contribution >= 4 is 39.0 Å². The Hall–Kier alpha value is -2.35. The van der Waals surface area contributed by atoms with Crippen LogP contribution in [0, 0.1) is 13.8 Å². The molecule has 0 radical (unpaired) electrons. The van der Waals surface area contributed by atoms with Gasteiger partial charge < -0.3 is 39.9 Å². The Morgan fingerprint density at radius 2 is 0.986 bits per heavy atom. The van der Waals surface area contributed by atoms with Crippen LogP contribution < -0.4 is 59.1 Å². The molecule has 16 heteroatoms. The summed E-state index contributed by atoms with van der Waals surface area (Å²) in [5, 5.41) is 0. The van der Waals surface area contributed by atoms with Crippen molar-refractivity contribution in [3.63, 3.8) is 0 Å². The molecule has 0 aliphatic heterocycles. The molecule has 0 saturated heterocycles. The number of hydrogen-bond donors (Lipinski definition) is 0. The van der Waals surface area contributed by atoms with Crippen LogP contribution >= 0.6 is 0 Å². The smallest absolute Gasteiger partial charge is 0.748 e. The number of rotatable bonds is 29. The van der Waals surface area contributed by atoms with E-state index in [0.717, 1.165) is 55.2 Å². The van der Waals surface area contributed by atoms with Crippen LogP contribution in [0.25, 0.3) is 40.5 Å². The minimum Gasteiger partial charge on any atom is -0.748 e. The van der Waals surface area contributed by atoms with E-state index in [2.05, 4.69) is 98.8 Å². The Kier molecular flexibility index (Phi) is 26.3. The molecule has 0 saturated carbocycles. The SMILES string of the molecule is O=S(=O)=O.[3H]C=Cc1ccc2c(c1)C(CCOCCOCCOC)(CCOCCOCCOC)c1cc(/C=C/c3ccc4c(c3)C(CCC[CH2-])(CCCCS(=O)(=O)[O-])c3cc(C)ccc3-4)ccc1-2.[Na+].[Na+]. The van der Waals surface area contributed by atoms with Crippen molar-refractivity contribution in [3.05, 3.63) is 131 Å². The van der Waals surface area contributed by atoms with E-state index in [1.165, 1.54) is 56.6 Å². The molecule has 0 heterocycles. The van der Waals surface area contributed by atoms with Gasteiger partial charge in [0, 0.05) is 44.0 Å². The Bertz CT molecular complexity index is 2530. The Morgan fingerprint density at radius 1 is 0.594 bits per heavy atom. The molecule has 4 aromatic carbocycles. The van der Waals surface area contributed by atoms with Gasteiger partial charge in [0.25, 0.3) is 0 Å². The third kappa shape index (κ3) is 17.1. The van der Waals surface area contributed by atoms with Gasteiger partial charge >= 0.3 is 69.7 Å². The van der Waals surface area contributed by atoms with Gasteiger partial charge in [-0.1, -0.05) is 116 Å². The first-order valence-electron chi connectivity index (χ1n) is 23.5. The summed E-state index contributed by atoms with van der Waals surface area (Å²) in [5.41, 5.74) is 13.3. The van der Waals surface area contributed by atoms with Gasteiger partial charge in [-0.3, -0.25) is 0 Å². The summed E-state index contributed by atoms with van der Waals surface area (Å²) in [6, 6.07) is 26.6. The zero-order chi connectivity index (χ0) is 49.0. The van der Waals surface area contributed by atoms with Crippen molar-refractivity contribution in [1.29, 1.82) is 0 Å². The molecular weight excluding hydrogens is 939 g/mol. The maximum absolute atomic E-state index is 11.6. The molecule has 1 atom stereocenters. The monoisotopic (exact) mass is 1010 g/mol. The van der Waals surface area contributed by atoms with E-state index < -0.39 is 26.1 Å².